The number of carbonyl (C=O) groups excluding carboxylic acids is 2. The van der Waals surface area contributed by atoms with Gasteiger partial charge >= 0.3 is 0 Å². The van der Waals surface area contributed by atoms with Crippen LogP contribution in [0.3, 0.4) is 0 Å². The Morgan fingerprint density at radius 2 is 2.08 bits per heavy atom. The number of carbonyl (C=O) groups is 2. The Labute approximate surface area is 147 Å². The summed E-state index contributed by atoms with van der Waals surface area (Å²) in [5.41, 5.74) is 2.24. The lowest BCUT2D eigenvalue weighted by Gasteiger charge is -2.08. The van der Waals surface area contributed by atoms with E-state index in [4.69, 9.17) is 32.4 Å². The molecule has 0 saturated carbocycles. The maximum Gasteiger partial charge on any atom is 0.259 e. The highest BCUT2D eigenvalue weighted by Gasteiger charge is 2.08. The Kier molecular flexibility index (Phi) is 6.65. The first-order valence-electron chi connectivity index (χ1n) is 6.74. The molecule has 9 heteroatoms. The van der Waals surface area contributed by atoms with Crippen LogP contribution >= 0.6 is 23.2 Å². The molecule has 126 valence electrons. The molecular formula is C15H13Cl2N3O4. The Balaban J connectivity index is 1.68. The Morgan fingerprint density at radius 3 is 2.79 bits per heavy atom. The molecule has 0 aliphatic heterocycles. The van der Waals surface area contributed by atoms with Crippen LogP contribution in [0.2, 0.25) is 10.0 Å². The molecule has 0 aliphatic carbocycles. The minimum Gasteiger partial charge on any atom is -0.482 e. The second-order valence-electron chi connectivity index (χ2n) is 4.45. The molecule has 0 unspecified atom stereocenters. The fourth-order valence-corrected chi connectivity index (χ4v) is 2.00. The first-order chi connectivity index (χ1) is 11.5. The molecule has 0 radical (unpaired) electrons. The Morgan fingerprint density at radius 1 is 1.25 bits per heavy atom. The molecule has 0 atom stereocenters. The van der Waals surface area contributed by atoms with Crippen LogP contribution in [-0.2, 0) is 9.59 Å². The van der Waals surface area contributed by atoms with Gasteiger partial charge in [-0.1, -0.05) is 23.2 Å². The van der Waals surface area contributed by atoms with Crippen molar-refractivity contribution in [3.63, 3.8) is 0 Å². The fourth-order valence-electron chi connectivity index (χ4n) is 1.54. The number of amides is 2. The molecule has 0 aliphatic rings. The van der Waals surface area contributed by atoms with Gasteiger partial charge in [-0.2, -0.15) is 5.10 Å². The van der Waals surface area contributed by atoms with Gasteiger partial charge < -0.3 is 14.5 Å². The van der Waals surface area contributed by atoms with Crippen LogP contribution in [0.1, 0.15) is 5.76 Å². The molecule has 1 heterocycles. The zero-order chi connectivity index (χ0) is 17.4. The van der Waals surface area contributed by atoms with Crippen molar-refractivity contribution in [1.29, 1.82) is 0 Å². The van der Waals surface area contributed by atoms with E-state index in [1.54, 1.807) is 24.3 Å². The van der Waals surface area contributed by atoms with E-state index in [1.165, 1.54) is 18.5 Å². The molecule has 2 rings (SSSR count). The first-order valence-corrected chi connectivity index (χ1v) is 7.50. The summed E-state index contributed by atoms with van der Waals surface area (Å²) in [7, 11) is 0. The zero-order valence-corrected chi connectivity index (χ0v) is 13.8. The summed E-state index contributed by atoms with van der Waals surface area (Å²) in [5.74, 6) is -0.154. The predicted octanol–water partition coefficient (Wildman–Crippen LogP) is 2.23. The minimum absolute atomic E-state index is 0.244. The number of furan rings is 1. The number of benzene rings is 1. The summed E-state index contributed by atoms with van der Waals surface area (Å²) >= 11 is 11.7. The van der Waals surface area contributed by atoms with Crippen molar-refractivity contribution in [3.8, 4) is 5.75 Å². The summed E-state index contributed by atoms with van der Waals surface area (Å²) in [4.78, 5) is 23.1. The molecule has 1 aromatic heterocycles. The number of hydrogen-bond acceptors (Lipinski definition) is 5. The number of hydrogen-bond donors (Lipinski definition) is 2. The molecule has 2 N–H and O–H groups in total. The van der Waals surface area contributed by atoms with Crippen LogP contribution in [0.5, 0.6) is 5.75 Å². The zero-order valence-electron chi connectivity index (χ0n) is 12.3. The second kappa shape index (κ2) is 8.95. The molecule has 1 aromatic carbocycles. The molecule has 0 saturated heterocycles. The first kappa shape index (κ1) is 17.8. The van der Waals surface area contributed by atoms with Crippen LogP contribution in [0.25, 0.3) is 0 Å². The summed E-state index contributed by atoms with van der Waals surface area (Å²) in [5, 5.41) is 6.81. The highest BCUT2D eigenvalue weighted by atomic mass is 35.5. The monoisotopic (exact) mass is 369 g/mol. The van der Waals surface area contributed by atoms with E-state index in [2.05, 4.69) is 15.8 Å². The third-order valence-electron chi connectivity index (χ3n) is 2.62. The maximum atomic E-state index is 11.6. The molecule has 24 heavy (non-hydrogen) atoms. The fraction of sp³-hybridized carbons (Fsp3) is 0.133. The van der Waals surface area contributed by atoms with Gasteiger partial charge in [-0.3, -0.25) is 9.59 Å². The van der Waals surface area contributed by atoms with Crippen molar-refractivity contribution in [3.05, 3.63) is 52.4 Å². The van der Waals surface area contributed by atoms with Crippen molar-refractivity contribution < 1.29 is 18.7 Å². The lowest BCUT2D eigenvalue weighted by Crippen LogP contribution is -2.37. The summed E-state index contributed by atoms with van der Waals surface area (Å²) in [6, 6.07) is 8.01. The van der Waals surface area contributed by atoms with E-state index in [9.17, 15) is 9.59 Å². The quantitative estimate of drug-likeness (QED) is 0.578. The van der Waals surface area contributed by atoms with E-state index < -0.39 is 11.8 Å². The van der Waals surface area contributed by atoms with Gasteiger partial charge in [0.2, 0.25) is 0 Å². The van der Waals surface area contributed by atoms with Crippen molar-refractivity contribution in [2.24, 2.45) is 5.10 Å². The standard InChI is InChI=1S/C15H13Cl2N3O4/c16-10-3-4-13(12(17)6-10)24-9-15(22)18-8-14(21)20-19-7-11-2-1-5-23-11/h1-7H,8-9H2,(H,18,22)(H,20,21)/b19-7-. The normalized spacial score (nSPS) is 10.6. The third-order valence-corrected chi connectivity index (χ3v) is 3.15. The summed E-state index contributed by atoms with van der Waals surface area (Å²) in [6.07, 6.45) is 2.82. The average Bonchev–Trinajstić information content (AvgIpc) is 3.05. The topological polar surface area (TPSA) is 92.9 Å². The highest BCUT2D eigenvalue weighted by molar-refractivity contribution is 6.35. The Hall–Kier alpha value is -2.51. The third kappa shape index (κ3) is 5.94. The maximum absolute atomic E-state index is 11.6. The number of rotatable bonds is 7. The van der Waals surface area contributed by atoms with E-state index in [1.807, 2.05) is 0 Å². The van der Waals surface area contributed by atoms with Gasteiger partial charge in [0.25, 0.3) is 11.8 Å². The van der Waals surface area contributed by atoms with E-state index in [0.717, 1.165) is 0 Å². The van der Waals surface area contributed by atoms with Gasteiger partial charge in [0.1, 0.15) is 11.5 Å². The smallest absolute Gasteiger partial charge is 0.259 e. The number of nitrogens with zero attached hydrogens (tertiary/aromatic N) is 1. The largest absolute Gasteiger partial charge is 0.482 e. The summed E-state index contributed by atoms with van der Waals surface area (Å²) in [6.45, 7) is -0.531. The van der Waals surface area contributed by atoms with Crippen LogP contribution in [-0.4, -0.2) is 31.2 Å². The molecule has 0 bridgehead atoms. The molecule has 0 spiro atoms. The predicted molar refractivity (Wildman–Crippen MR) is 89.4 cm³/mol. The van der Waals surface area contributed by atoms with E-state index in [-0.39, 0.29) is 13.2 Å². The molecular weight excluding hydrogens is 357 g/mol. The van der Waals surface area contributed by atoms with Crippen molar-refractivity contribution in [2.45, 2.75) is 0 Å². The molecule has 2 amide bonds. The van der Waals surface area contributed by atoms with Gasteiger partial charge in [0, 0.05) is 5.02 Å². The van der Waals surface area contributed by atoms with Gasteiger partial charge in [-0.15, -0.1) is 0 Å². The SMILES string of the molecule is O=C(COc1ccc(Cl)cc1Cl)NCC(=O)N/N=C\c1ccco1. The number of halogens is 2. The lowest BCUT2D eigenvalue weighted by atomic mass is 10.3. The van der Waals surface area contributed by atoms with Gasteiger partial charge in [-0.25, -0.2) is 5.43 Å². The average molecular weight is 370 g/mol. The molecule has 0 fully saturated rings. The van der Waals surface area contributed by atoms with E-state index >= 15 is 0 Å². The molecule has 7 nitrogen and oxygen atoms in total. The summed E-state index contributed by atoms with van der Waals surface area (Å²) < 4.78 is 10.2. The van der Waals surface area contributed by atoms with Crippen LogP contribution in [0, 0.1) is 0 Å². The van der Waals surface area contributed by atoms with Crippen LogP contribution < -0.4 is 15.5 Å². The van der Waals surface area contributed by atoms with Crippen molar-refractivity contribution in [2.75, 3.05) is 13.2 Å². The second-order valence-corrected chi connectivity index (χ2v) is 5.29. The highest BCUT2D eigenvalue weighted by Crippen LogP contribution is 2.27. The lowest BCUT2D eigenvalue weighted by molar-refractivity contribution is -0.127. The number of hydrazone groups is 1. The van der Waals surface area contributed by atoms with Gasteiger partial charge in [-0.05, 0) is 30.3 Å². The van der Waals surface area contributed by atoms with Crippen molar-refractivity contribution in [1.82, 2.24) is 10.7 Å². The van der Waals surface area contributed by atoms with Gasteiger partial charge in [0.05, 0.1) is 24.0 Å². The van der Waals surface area contributed by atoms with E-state index in [0.29, 0.717) is 21.6 Å². The van der Waals surface area contributed by atoms with Gasteiger partial charge in [0.15, 0.2) is 6.61 Å². The van der Waals surface area contributed by atoms with Crippen molar-refractivity contribution >= 4 is 41.2 Å². The van der Waals surface area contributed by atoms with Crippen LogP contribution in [0.15, 0.2) is 46.1 Å². The minimum atomic E-state index is -0.490. The number of nitrogens with one attached hydrogen (secondary N) is 2. The molecule has 2 aromatic rings. The van der Waals surface area contributed by atoms with Crippen LogP contribution in [0.4, 0.5) is 0 Å². The number of ether oxygens (including phenoxy) is 1. The Bertz CT molecular complexity index is 732.